The van der Waals surface area contributed by atoms with Gasteiger partial charge in [0.2, 0.25) is 0 Å². The van der Waals surface area contributed by atoms with Gasteiger partial charge in [0.1, 0.15) is 0 Å². The number of hydrogen-bond donors (Lipinski definition) is 0. The first-order valence-corrected chi connectivity index (χ1v) is 6.99. The van der Waals surface area contributed by atoms with Gasteiger partial charge in [-0.1, -0.05) is 25.0 Å². The number of hydrogen-bond acceptors (Lipinski definition) is 3. The van der Waals surface area contributed by atoms with Crippen LogP contribution in [0.4, 0.5) is 5.69 Å². The number of nitrogens with zero attached hydrogens (tertiary/aromatic N) is 1. The summed E-state index contributed by atoms with van der Waals surface area (Å²) in [5, 5.41) is 0. The van der Waals surface area contributed by atoms with Gasteiger partial charge in [0, 0.05) is 0 Å². The lowest BCUT2D eigenvalue weighted by molar-refractivity contribution is -0.139. The van der Waals surface area contributed by atoms with E-state index in [1.54, 1.807) is 0 Å². The number of rotatable bonds is 0. The van der Waals surface area contributed by atoms with Gasteiger partial charge in [-0.05, 0) is 25.0 Å². The highest BCUT2D eigenvalue weighted by Crippen LogP contribution is 2.42. The third-order valence-electron chi connectivity index (χ3n) is 3.63. The van der Waals surface area contributed by atoms with Crippen LogP contribution in [0.15, 0.2) is 24.3 Å². The van der Waals surface area contributed by atoms with Gasteiger partial charge in [0.15, 0.2) is 5.75 Å². The maximum atomic E-state index is 12.1. The fourth-order valence-corrected chi connectivity index (χ4v) is 3.81. The van der Waals surface area contributed by atoms with Gasteiger partial charge in [-0.3, -0.25) is 4.79 Å². The van der Waals surface area contributed by atoms with Gasteiger partial charge in [-0.15, -0.1) is 0 Å². The average molecular weight is 343 g/mol. The topological polar surface area (TPSA) is 29.5 Å². The van der Waals surface area contributed by atoms with Crippen molar-refractivity contribution in [3.63, 3.8) is 0 Å². The molecule has 0 N–H and O–H groups in total. The molecule has 1 saturated carbocycles. The van der Waals surface area contributed by atoms with E-state index in [0.717, 1.165) is 24.9 Å². The molecule has 0 amide bonds. The number of fused-ring (bicyclic) bond motifs is 2. The van der Waals surface area contributed by atoms with Gasteiger partial charge < -0.3 is 7.85 Å². The predicted octanol–water partition coefficient (Wildman–Crippen LogP) is 3.32. The molecule has 2 aliphatic rings. The summed E-state index contributed by atoms with van der Waals surface area (Å²) in [5.41, 5.74) is 1.02. The van der Waals surface area contributed by atoms with Crippen molar-refractivity contribution in [3.8, 4) is 5.75 Å². The minimum absolute atomic E-state index is 0.0352. The Morgan fingerprint density at radius 2 is 2.00 bits per heavy atom. The monoisotopic (exact) mass is 343 g/mol. The highest BCUT2D eigenvalue weighted by atomic mass is 127. The molecular formula is C13H14INO2. The summed E-state index contributed by atoms with van der Waals surface area (Å²) in [6, 6.07) is 8.08. The molecule has 0 aromatic heterocycles. The second-order valence-electron chi connectivity index (χ2n) is 4.66. The largest absolute Gasteiger partial charge is 0.424 e. The van der Waals surface area contributed by atoms with Crippen LogP contribution in [0.1, 0.15) is 25.7 Å². The maximum absolute atomic E-state index is 12.1. The van der Waals surface area contributed by atoms with Gasteiger partial charge in [0.05, 0.1) is 40.5 Å². The SMILES string of the molecule is O=C1Oc2ccccc2N(I)C2CCCCC12. The minimum atomic E-state index is -0.0543. The molecule has 0 radical (unpaired) electrons. The zero-order valence-electron chi connectivity index (χ0n) is 9.43. The first-order chi connectivity index (χ1) is 8.27. The van der Waals surface area contributed by atoms with Crippen molar-refractivity contribution in [2.75, 3.05) is 3.11 Å². The highest BCUT2D eigenvalue weighted by molar-refractivity contribution is 14.1. The average Bonchev–Trinajstić information content (AvgIpc) is 2.48. The number of ether oxygens (including phenoxy) is 1. The molecule has 3 nitrogen and oxygen atoms in total. The Balaban J connectivity index is 2.04. The third-order valence-corrected chi connectivity index (χ3v) is 4.86. The Hall–Kier alpha value is -0.780. The molecule has 17 heavy (non-hydrogen) atoms. The van der Waals surface area contributed by atoms with E-state index in [1.165, 1.54) is 6.42 Å². The fraction of sp³-hybridized carbons (Fsp3) is 0.462. The first kappa shape index (κ1) is 11.3. The lowest BCUT2D eigenvalue weighted by Gasteiger charge is -2.33. The third kappa shape index (κ3) is 1.92. The van der Waals surface area contributed by atoms with Crippen LogP contribution in [-0.4, -0.2) is 12.0 Å². The summed E-state index contributed by atoms with van der Waals surface area (Å²) in [5.74, 6) is 0.677. The Bertz CT molecular complexity index is 449. The van der Waals surface area contributed by atoms with Crippen molar-refractivity contribution in [1.82, 2.24) is 0 Å². The van der Waals surface area contributed by atoms with Gasteiger partial charge in [-0.2, -0.15) is 0 Å². The number of halogens is 1. The van der Waals surface area contributed by atoms with Crippen molar-refractivity contribution in [1.29, 1.82) is 0 Å². The standard InChI is InChI=1S/C13H14INO2/c14-15-10-6-2-1-5-9(10)13(16)17-12-8-4-3-7-11(12)15/h3-4,7-10H,1-2,5-6H2. The number of esters is 1. The molecule has 1 aliphatic carbocycles. The lowest BCUT2D eigenvalue weighted by atomic mass is 9.84. The molecule has 1 aromatic carbocycles. The van der Waals surface area contributed by atoms with Gasteiger partial charge in [0.25, 0.3) is 0 Å². The molecule has 2 atom stereocenters. The first-order valence-electron chi connectivity index (χ1n) is 6.03. The molecule has 3 rings (SSSR count). The van der Waals surface area contributed by atoms with E-state index in [9.17, 15) is 4.79 Å². The molecule has 90 valence electrons. The van der Waals surface area contributed by atoms with Crippen LogP contribution in [-0.2, 0) is 4.79 Å². The van der Waals surface area contributed by atoms with Crippen LogP contribution in [0.3, 0.4) is 0 Å². The Morgan fingerprint density at radius 1 is 1.24 bits per heavy atom. The van der Waals surface area contributed by atoms with Crippen LogP contribution < -0.4 is 7.85 Å². The molecule has 0 saturated heterocycles. The quantitative estimate of drug-likeness (QED) is 0.313. The van der Waals surface area contributed by atoms with E-state index in [0.29, 0.717) is 11.8 Å². The molecule has 1 aromatic rings. The smallest absolute Gasteiger partial charge is 0.316 e. The lowest BCUT2D eigenvalue weighted by Crippen LogP contribution is -2.40. The Morgan fingerprint density at radius 3 is 2.88 bits per heavy atom. The summed E-state index contributed by atoms with van der Waals surface area (Å²) >= 11 is 2.32. The van der Waals surface area contributed by atoms with E-state index < -0.39 is 0 Å². The van der Waals surface area contributed by atoms with E-state index in [1.807, 2.05) is 24.3 Å². The summed E-state index contributed by atoms with van der Waals surface area (Å²) < 4.78 is 7.71. The van der Waals surface area contributed by atoms with Crippen LogP contribution in [0.2, 0.25) is 0 Å². The summed E-state index contributed by atoms with van der Waals surface area (Å²) in [6.45, 7) is 0. The van der Waals surface area contributed by atoms with E-state index in [4.69, 9.17) is 4.74 Å². The van der Waals surface area contributed by atoms with E-state index >= 15 is 0 Å². The number of carbonyl (C=O) groups is 1. The number of para-hydroxylation sites is 2. The zero-order valence-corrected chi connectivity index (χ0v) is 11.6. The van der Waals surface area contributed by atoms with Crippen LogP contribution in [0, 0.1) is 5.92 Å². The Labute approximate surface area is 115 Å². The zero-order chi connectivity index (χ0) is 11.8. The number of benzene rings is 1. The molecule has 1 heterocycles. The van der Waals surface area contributed by atoms with Crippen molar-refractivity contribution >= 4 is 34.5 Å². The second kappa shape index (κ2) is 4.48. The summed E-state index contributed by atoms with van der Waals surface area (Å²) in [4.78, 5) is 12.1. The highest BCUT2D eigenvalue weighted by Gasteiger charge is 2.39. The molecule has 4 heteroatoms. The normalized spacial score (nSPS) is 27.8. The summed E-state index contributed by atoms with van der Waals surface area (Å²) in [6.07, 6.45) is 4.38. The molecule has 0 bridgehead atoms. The Kier molecular flexibility index (Phi) is 2.98. The van der Waals surface area contributed by atoms with Crippen LogP contribution >= 0.6 is 22.9 Å². The van der Waals surface area contributed by atoms with Crippen molar-refractivity contribution in [2.24, 2.45) is 5.92 Å². The van der Waals surface area contributed by atoms with E-state index in [2.05, 4.69) is 26.0 Å². The number of anilines is 1. The van der Waals surface area contributed by atoms with Crippen LogP contribution in [0.25, 0.3) is 0 Å². The fourth-order valence-electron chi connectivity index (χ4n) is 2.74. The molecule has 0 spiro atoms. The van der Waals surface area contributed by atoms with Crippen molar-refractivity contribution in [2.45, 2.75) is 31.7 Å². The predicted molar refractivity (Wildman–Crippen MR) is 74.3 cm³/mol. The molecule has 2 unspecified atom stereocenters. The maximum Gasteiger partial charge on any atom is 0.316 e. The summed E-state index contributed by atoms with van der Waals surface area (Å²) in [7, 11) is 0. The molecule has 1 fully saturated rings. The van der Waals surface area contributed by atoms with E-state index in [-0.39, 0.29) is 11.9 Å². The van der Waals surface area contributed by atoms with Gasteiger partial charge >= 0.3 is 5.97 Å². The number of carbonyl (C=O) groups excluding carboxylic acids is 1. The van der Waals surface area contributed by atoms with Crippen LogP contribution in [0.5, 0.6) is 5.75 Å². The second-order valence-corrected chi connectivity index (χ2v) is 5.70. The van der Waals surface area contributed by atoms with Crippen molar-refractivity contribution in [3.05, 3.63) is 24.3 Å². The van der Waals surface area contributed by atoms with Gasteiger partial charge in [-0.25, -0.2) is 0 Å². The molecular weight excluding hydrogens is 329 g/mol. The minimum Gasteiger partial charge on any atom is -0.424 e. The molecule has 1 aliphatic heterocycles. The van der Waals surface area contributed by atoms with Crippen molar-refractivity contribution < 1.29 is 9.53 Å².